The van der Waals surface area contributed by atoms with Crippen molar-refractivity contribution in [3.05, 3.63) is 102 Å². The molecule has 0 radical (unpaired) electrons. The van der Waals surface area contributed by atoms with Crippen molar-refractivity contribution in [2.75, 3.05) is 6.54 Å². The van der Waals surface area contributed by atoms with Crippen LogP contribution in [0, 0.1) is 5.41 Å². The van der Waals surface area contributed by atoms with Gasteiger partial charge in [0.05, 0.1) is 12.8 Å². The van der Waals surface area contributed by atoms with Gasteiger partial charge in [-0.1, -0.05) is 73.7 Å². The summed E-state index contributed by atoms with van der Waals surface area (Å²) in [4.78, 5) is 13.5. The highest BCUT2D eigenvalue weighted by Gasteiger charge is 2.57. The maximum absolute atomic E-state index is 13.5. The Morgan fingerprint density at radius 1 is 0.964 bits per heavy atom. The third kappa shape index (κ3) is 3.01. The minimum absolute atomic E-state index is 0.271. The summed E-state index contributed by atoms with van der Waals surface area (Å²) in [7, 11) is 0. The molecule has 0 fully saturated rings. The topological polar surface area (TPSA) is 62.5 Å². The Kier molecular flexibility index (Phi) is 4.75. The molecule has 1 heterocycles. The number of hydrogen-bond donors (Lipinski definition) is 2. The molecule has 0 saturated heterocycles. The zero-order chi connectivity index (χ0) is 19.6. The number of carbonyl (C=O) groups excluding carboxylic acids is 1. The van der Waals surface area contributed by atoms with Gasteiger partial charge >= 0.3 is 0 Å². The Bertz CT molecular complexity index is 979. The molecule has 142 valence electrons. The van der Waals surface area contributed by atoms with Crippen molar-refractivity contribution < 1.29 is 14.3 Å². The van der Waals surface area contributed by atoms with Crippen LogP contribution in [0.1, 0.15) is 23.8 Å². The number of aliphatic hydroxyl groups is 1. The number of carbonyl (C=O) groups is 1. The number of ketones is 1. The fraction of sp³-hybridized carbons (Fsp3) is 0.208. The summed E-state index contributed by atoms with van der Waals surface area (Å²) >= 11 is 0. The van der Waals surface area contributed by atoms with Gasteiger partial charge in [0.15, 0.2) is 11.4 Å². The number of Topliss-reactive ketones (excluding diaryl/α,β-unsaturated/α-hetero) is 1. The van der Waals surface area contributed by atoms with E-state index in [1.807, 2.05) is 85.8 Å². The van der Waals surface area contributed by atoms with Crippen LogP contribution in [-0.4, -0.2) is 17.4 Å². The molecule has 0 aliphatic heterocycles. The van der Waals surface area contributed by atoms with Crippen LogP contribution in [0.2, 0.25) is 0 Å². The van der Waals surface area contributed by atoms with Gasteiger partial charge in [-0.3, -0.25) is 4.79 Å². The van der Waals surface area contributed by atoms with Crippen molar-refractivity contribution in [3.63, 3.8) is 0 Å². The van der Waals surface area contributed by atoms with Gasteiger partial charge in [0, 0.05) is 17.5 Å². The first-order valence-corrected chi connectivity index (χ1v) is 9.39. The molecule has 0 saturated carbocycles. The van der Waals surface area contributed by atoms with E-state index in [-0.39, 0.29) is 5.78 Å². The lowest BCUT2D eigenvalue weighted by Crippen LogP contribution is -2.50. The summed E-state index contributed by atoms with van der Waals surface area (Å²) in [6, 6.07) is 22.4. The predicted molar refractivity (Wildman–Crippen MR) is 108 cm³/mol. The molecule has 0 unspecified atom stereocenters. The summed E-state index contributed by atoms with van der Waals surface area (Å²) in [5.41, 5.74) is -0.492. The van der Waals surface area contributed by atoms with Gasteiger partial charge in [-0.15, -0.1) is 0 Å². The van der Waals surface area contributed by atoms with Gasteiger partial charge in [0.1, 0.15) is 5.76 Å². The minimum Gasteiger partial charge on any atom is -0.468 e. The molecule has 1 aliphatic carbocycles. The number of rotatable bonds is 6. The lowest BCUT2D eigenvalue weighted by atomic mass is 9.71. The quantitative estimate of drug-likeness (QED) is 0.687. The Morgan fingerprint density at radius 2 is 1.64 bits per heavy atom. The summed E-state index contributed by atoms with van der Waals surface area (Å²) in [5.74, 6) is 0.538. The summed E-state index contributed by atoms with van der Waals surface area (Å²) in [6.45, 7) is 2.86. The van der Waals surface area contributed by atoms with Crippen molar-refractivity contribution in [3.8, 4) is 0 Å². The van der Waals surface area contributed by atoms with Crippen molar-refractivity contribution in [1.82, 2.24) is 5.32 Å². The predicted octanol–water partition coefficient (Wildman–Crippen LogP) is 3.93. The second-order valence-electron chi connectivity index (χ2n) is 7.43. The fourth-order valence-electron chi connectivity index (χ4n) is 3.95. The zero-order valence-corrected chi connectivity index (χ0v) is 15.8. The summed E-state index contributed by atoms with van der Waals surface area (Å²) in [6.07, 6.45) is 3.54. The van der Waals surface area contributed by atoms with Crippen LogP contribution in [0.5, 0.6) is 0 Å². The third-order valence-electron chi connectivity index (χ3n) is 5.51. The van der Waals surface area contributed by atoms with E-state index in [1.54, 1.807) is 6.26 Å². The van der Waals surface area contributed by atoms with Gasteiger partial charge in [-0.2, -0.15) is 0 Å². The van der Waals surface area contributed by atoms with Crippen molar-refractivity contribution in [1.29, 1.82) is 0 Å². The van der Waals surface area contributed by atoms with Crippen LogP contribution in [-0.2, 0) is 16.9 Å². The normalized spacial score (nSPS) is 24.4. The first kappa shape index (κ1) is 18.4. The molecule has 0 amide bonds. The highest BCUT2D eigenvalue weighted by atomic mass is 16.3. The number of benzene rings is 2. The smallest absolute Gasteiger partial charge is 0.200 e. The van der Waals surface area contributed by atoms with E-state index in [2.05, 4.69) is 5.32 Å². The molecule has 28 heavy (non-hydrogen) atoms. The highest BCUT2D eigenvalue weighted by Crippen LogP contribution is 2.51. The molecule has 4 rings (SSSR count). The molecule has 2 aromatic carbocycles. The van der Waals surface area contributed by atoms with Crippen molar-refractivity contribution >= 4 is 11.4 Å². The maximum Gasteiger partial charge on any atom is 0.200 e. The van der Waals surface area contributed by atoms with Crippen molar-refractivity contribution in [2.45, 2.75) is 19.1 Å². The first-order valence-electron chi connectivity index (χ1n) is 9.39. The molecule has 4 heteroatoms. The van der Waals surface area contributed by atoms with Crippen LogP contribution in [0.25, 0.3) is 5.57 Å². The lowest BCUT2D eigenvalue weighted by Gasteiger charge is -2.38. The van der Waals surface area contributed by atoms with E-state index >= 15 is 0 Å². The summed E-state index contributed by atoms with van der Waals surface area (Å²) < 4.78 is 5.37. The van der Waals surface area contributed by atoms with Crippen molar-refractivity contribution in [2.24, 2.45) is 5.41 Å². The van der Waals surface area contributed by atoms with Crippen LogP contribution in [0.15, 0.2) is 89.6 Å². The van der Waals surface area contributed by atoms with E-state index in [0.29, 0.717) is 24.2 Å². The van der Waals surface area contributed by atoms with E-state index in [9.17, 15) is 9.90 Å². The van der Waals surface area contributed by atoms with Gasteiger partial charge in [0.2, 0.25) is 0 Å². The molecule has 2 atom stereocenters. The summed E-state index contributed by atoms with van der Waals surface area (Å²) in [5, 5.41) is 15.1. The maximum atomic E-state index is 13.5. The average molecular weight is 373 g/mol. The first-order chi connectivity index (χ1) is 13.5. The molecule has 1 aliphatic rings. The van der Waals surface area contributed by atoms with E-state index in [1.165, 1.54) is 0 Å². The Balaban J connectivity index is 1.72. The molecule has 4 nitrogen and oxygen atoms in total. The van der Waals surface area contributed by atoms with Gasteiger partial charge in [0.25, 0.3) is 0 Å². The minimum atomic E-state index is -1.64. The second kappa shape index (κ2) is 7.23. The molecular weight excluding hydrogens is 350 g/mol. The standard InChI is InChI=1S/C24H23NO3/c1-23(17-25-16-20-13-8-14-28-20)15-21(18-9-4-2-5-10-18)22(26)24(23,27)19-11-6-3-7-12-19/h2-15,25,27H,16-17H2,1H3/t23-,24+/m0/s1. The Morgan fingerprint density at radius 3 is 2.29 bits per heavy atom. The van der Waals surface area contributed by atoms with Crippen LogP contribution in [0.4, 0.5) is 0 Å². The number of nitrogens with one attached hydrogen (secondary N) is 1. The van der Waals surface area contributed by atoms with E-state index in [4.69, 9.17) is 4.42 Å². The molecule has 3 aromatic rings. The lowest BCUT2D eigenvalue weighted by molar-refractivity contribution is -0.140. The average Bonchev–Trinajstić information content (AvgIpc) is 3.31. The van der Waals surface area contributed by atoms with Crippen LogP contribution >= 0.6 is 0 Å². The molecule has 1 aromatic heterocycles. The molecule has 0 spiro atoms. The van der Waals surface area contributed by atoms with Gasteiger partial charge in [-0.05, 0) is 23.3 Å². The monoisotopic (exact) mass is 373 g/mol. The molecule has 0 bridgehead atoms. The molecule has 2 N–H and O–H groups in total. The largest absolute Gasteiger partial charge is 0.468 e. The number of hydrogen-bond acceptors (Lipinski definition) is 4. The SMILES string of the molecule is C[C@@]1(CNCc2ccco2)C=C(c2ccccc2)C(=O)[C@]1(O)c1ccccc1. The zero-order valence-electron chi connectivity index (χ0n) is 15.8. The second-order valence-corrected chi connectivity index (χ2v) is 7.43. The number of furan rings is 1. The van der Waals surface area contributed by atoms with Crippen LogP contribution in [0.3, 0.4) is 0 Å². The Labute approximate surface area is 164 Å². The van der Waals surface area contributed by atoms with Gasteiger partial charge < -0.3 is 14.8 Å². The molecular formula is C24H23NO3. The fourth-order valence-corrected chi connectivity index (χ4v) is 3.95. The highest BCUT2D eigenvalue weighted by molar-refractivity contribution is 6.27. The van der Waals surface area contributed by atoms with Crippen LogP contribution < -0.4 is 5.32 Å². The Hall–Kier alpha value is -2.95. The third-order valence-corrected chi connectivity index (χ3v) is 5.51. The van der Waals surface area contributed by atoms with E-state index < -0.39 is 11.0 Å². The van der Waals surface area contributed by atoms with E-state index in [0.717, 1.165) is 11.3 Å². The van der Waals surface area contributed by atoms with Gasteiger partial charge in [-0.25, -0.2) is 0 Å².